The molecule has 0 saturated heterocycles. The normalized spacial score (nSPS) is 10.8. The van der Waals surface area contributed by atoms with Crippen LogP contribution in [-0.2, 0) is 9.59 Å². The van der Waals surface area contributed by atoms with Crippen molar-refractivity contribution in [2.24, 2.45) is 0 Å². The van der Waals surface area contributed by atoms with Crippen molar-refractivity contribution in [2.75, 3.05) is 11.9 Å². The van der Waals surface area contributed by atoms with Gasteiger partial charge in [-0.3, -0.25) is 9.59 Å². The number of thiazole rings is 1. The van der Waals surface area contributed by atoms with Crippen LogP contribution in [0, 0.1) is 0 Å². The highest BCUT2D eigenvalue weighted by Gasteiger charge is 2.06. The number of carbonyl (C=O) groups excluding carboxylic acids is 2. The highest BCUT2D eigenvalue weighted by molar-refractivity contribution is 7.07. The molecular weight excluding hydrogens is 322 g/mol. The van der Waals surface area contributed by atoms with E-state index in [1.54, 1.807) is 11.6 Å². The summed E-state index contributed by atoms with van der Waals surface area (Å²) in [5, 5.41) is 9.21. The summed E-state index contributed by atoms with van der Waals surface area (Å²) < 4.78 is 0. The zero-order valence-electron chi connectivity index (χ0n) is 12.7. The summed E-state index contributed by atoms with van der Waals surface area (Å²) in [6, 6.07) is 13.5. The van der Waals surface area contributed by atoms with E-state index in [4.69, 9.17) is 0 Å². The molecular formula is C18H15N3O2S. The Labute approximate surface area is 143 Å². The molecule has 3 rings (SSSR count). The minimum absolute atomic E-state index is 0.0938. The molecule has 0 aliphatic rings. The van der Waals surface area contributed by atoms with Crippen molar-refractivity contribution in [2.45, 2.75) is 0 Å². The van der Waals surface area contributed by atoms with Crippen molar-refractivity contribution in [1.29, 1.82) is 0 Å². The van der Waals surface area contributed by atoms with E-state index in [2.05, 4.69) is 15.6 Å². The first-order chi connectivity index (χ1) is 11.7. The Morgan fingerprint density at radius 1 is 1.12 bits per heavy atom. The largest absolute Gasteiger partial charge is 0.343 e. The van der Waals surface area contributed by atoms with Crippen molar-refractivity contribution in [3.8, 4) is 0 Å². The van der Waals surface area contributed by atoms with Crippen molar-refractivity contribution >= 4 is 45.7 Å². The fourth-order valence-corrected chi connectivity index (χ4v) is 2.74. The van der Waals surface area contributed by atoms with Crippen LogP contribution in [-0.4, -0.2) is 23.3 Å². The monoisotopic (exact) mass is 337 g/mol. The first-order valence-electron chi connectivity index (χ1n) is 7.34. The van der Waals surface area contributed by atoms with Crippen LogP contribution < -0.4 is 10.6 Å². The summed E-state index contributed by atoms with van der Waals surface area (Å²) >= 11 is 1.45. The van der Waals surface area contributed by atoms with Crippen LogP contribution in [0.3, 0.4) is 0 Å². The number of nitrogens with one attached hydrogen (secondary N) is 2. The van der Waals surface area contributed by atoms with Crippen molar-refractivity contribution < 1.29 is 9.59 Å². The Hall–Kier alpha value is -2.99. The van der Waals surface area contributed by atoms with E-state index in [0.717, 1.165) is 22.2 Å². The van der Waals surface area contributed by atoms with Gasteiger partial charge in [-0.1, -0.05) is 36.4 Å². The van der Waals surface area contributed by atoms with E-state index >= 15 is 0 Å². The predicted octanol–water partition coefficient (Wildman–Crippen LogP) is 3.06. The van der Waals surface area contributed by atoms with Gasteiger partial charge in [-0.25, -0.2) is 4.98 Å². The lowest BCUT2D eigenvalue weighted by molar-refractivity contribution is -0.121. The molecule has 0 aliphatic heterocycles. The molecule has 120 valence electrons. The third-order valence-electron chi connectivity index (χ3n) is 3.34. The molecule has 6 heteroatoms. The Balaban J connectivity index is 1.56. The Bertz CT molecular complexity index is 883. The number of rotatable bonds is 5. The molecule has 2 amide bonds. The number of fused-ring (bicyclic) bond motifs is 1. The molecule has 1 heterocycles. The van der Waals surface area contributed by atoms with Gasteiger partial charge in [0.15, 0.2) is 0 Å². The summed E-state index contributed by atoms with van der Waals surface area (Å²) in [5.74, 6) is -0.613. The zero-order chi connectivity index (χ0) is 16.8. The molecule has 0 aliphatic carbocycles. The Morgan fingerprint density at radius 3 is 2.79 bits per heavy atom. The number of anilines is 1. The molecule has 0 radical (unpaired) electrons. The smallest absolute Gasteiger partial charge is 0.244 e. The summed E-state index contributed by atoms with van der Waals surface area (Å²) in [4.78, 5) is 27.8. The minimum Gasteiger partial charge on any atom is -0.343 e. The number of amides is 2. The van der Waals surface area contributed by atoms with Crippen molar-refractivity contribution in [3.05, 3.63) is 65.1 Å². The van der Waals surface area contributed by atoms with Gasteiger partial charge in [0.25, 0.3) is 0 Å². The Kier molecular flexibility index (Phi) is 4.98. The summed E-state index contributed by atoms with van der Waals surface area (Å²) in [6.45, 7) is -0.0938. The van der Waals surface area contributed by atoms with Gasteiger partial charge in [-0.05, 0) is 17.5 Å². The van der Waals surface area contributed by atoms with E-state index in [-0.39, 0.29) is 18.4 Å². The predicted molar refractivity (Wildman–Crippen MR) is 96.7 cm³/mol. The maximum absolute atomic E-state index is 12.0. The quantitative estimate of drug-likeness (QED) is 0.703. The number of carbonyl (C=O) groups is 2. The lowest BCUT2D eigenvalue weighted by Gasteiger charge is -2.09. The van der Waals surface area contributed by atoms with Gasteiger partial charge in [0.05, 0.1) is 17.7 Å². The molecule has 0 spiro atoms. The highest BCUT2D eigenvalue weighted by atomic mass is 32.1. The summed E-state index contributed by atoms with van der Waals surface area (Å²) in [6.07, 6.45) is 2.97. The van der Waals surface area contributed by atoms with E-state index in [0.29, 0.717) is 0 Å². The average Bonchev–Trinajstić information content (AvgIpc) is 3.12. The fourth-order valence-electron chi connectivity index (χ4n) is 2.22. The molecule has 2 aromatic carbocycles. The summed E-state index contributed by atoms with van der Waals surface area (Å²) in [7, 11) is 0. The molecule has 5 nitrogen and oxygen atoms in total. The van der Waals surface area contributed by atoms with Crippen LogP contribution in [0.5, 0.6) is 0 Å². The van der Waals surface area contributed by atoms with Gasteiger partial charge in [0.1, 0.15) is 0 Å². The number of hydrogen-bond acceptors (Lipinski definition) is 4. The standard InChI is InChI=1S/C18H15N3O2S/c22-17(9-8-14-11-24-12-20-14)19-10-18(23)21-16-7-3-5-13-4-1-2-6-15(13)16/h1-9,11-12H,10H2,(H,19,22)(H,21,23). The van der Waals surface area contributed by atoms with Crippen LogP contribution in [0.25, 0.3) is 16.8 Å². The molecule has 0 atom stereocenters. The second-order valence-electron chi connectivity index (χ2n) is 5.04. The topological polar surface area (TPSA) is 71.1 Å². The van der Waals surface area contributed by atoms with Gasteiger partial charge in [-0.2, -0.15) is 0 Å². The van der Waals surface area contributed by atoms with Gasteiger partial charge >= 0.3 is 0 Å². The first kappa shape index (κ1) is 15.9. The molecule has 1 aromatic heterocycles. The summed E-state index contributed by atoms with van der Waals surface area (Å²) in [5.41, 5.74) is 3.13. The maximum Gasteiger partial charge on any atom is 0.244 e. The second-order valence-corrected chi connectivity index (χ2v) is 5.76. The molecule has 24 heavy (non-hydrogen) atoms. The van der Waals surface area contributed by atoms with Crippen molar-refractivity contribution in [1.82, 2.24) is 10.3 Å². The van der Waals surface area contributed by atoms with Gasteiger partial charge in [0.2, 0.25) is 11.8 Å². The zero-order valence-corrected chi connectivity index (χ0v) is 13.5. The van der Waals surface area contributed by atoms with Crippen LogP contribution in [0.2, 0.25) is 0 Å². The third kappa shape index (κ3) is 4.05. The van der Waals surface area contributed by atoms with E-state index in [9.17, 15) is 9.59 Å². The molecule has 0 unspecified atom stereocenters. The number of benzene rings is 2. The lowest BCUT2D eigenvalue weighted by Crippen LogP contribution is -2.31. The average molecular weight is 337 g/mol. The van der Waals surface area contributed by atoms with Gasteiger partial charge < -0.3 is 10.6 Å². The van der Waals surface area contributed by atoms with Crippen LogP contribution in [0.1, 0.15) is 5.69 Å². The lowest BCUT2D eigenvalue weighted by atomic mass is 10.1. The second kappa shape index (κ2) is 7.52. The van der Waals surface area contributed by atoms with Gasteiger partial charge in [0, 0.05) is 22.5 Å². The van der Waals surface area contributed by atoms with Gasteiger partial charge in [-0.15, -0.1) is 11.3 Å². The van der Waals surface area contributed by atoms with E-state index in [1.807, 2.05) is 47.8 Å². The van der Waals surface area contributed by atoms with Crippen LogP contribution in [0.15, 0.2) is 59.4 Å². The SMILES string of the molecule is O=C(C=Cc1cscn1)NCC(=O)Nc1cccc2ccccc12. The Morgan fingerprint density at radius 2 is 1.96 bits per heavy atom. The van der Waals surface area contributed by atoms with Crippen molar-refractivity contribution in [3.63, 3.8) is 0 Å². The van der Waals surface area contributed by atoms with E-state index < -0.39 is 0 Å². The minimum atomic E-state index is -0.337. The molecule has 0 bridgehead atoms. The molecule has 2 N–H and O–H groups in total. The fraction of sp³-hybridized carbons (Fsp3) is 0.0556. The molecule has 0 fully saturated rings. The van der Waals surface area contributed by atoms with Crippen LogP contribution >= 0.6 is 11.3 Å². The maximum atomic E-state index is 12.0. The number of nitrogens with zero attached hydrogens (tertiary/aromatic N) is 1. The van der Waals surface area contributed by atoms with Crippen LogP contribution in [0.4, 0.5) is 5.69 Å². The van der Waals surface area contributed by atoms with E-state index in [1.165, 1.54) is 17.4 Å². The number of hydrogen-bond donors (Lipinski definition) is 2. The highest BCUT2D eigenvalue weighted by Crippen LogP contribution is 2.22. The first-order valence-corrected chi connectivity index (χ1v) is 8.28. The number of aromatic nitrogens is 1. The molecule has 0 saturated carbocycles. The molecule has 3 aromatic rings. The third-order valence-corrected chi connectivity index (χ3v) is 3.95.